The van der Waals surface area contributed by atoms with Crippen molar-refractivity contribution in [3.63, 3.8) is 0 Å². The first-order valence-electron chi connectivity index (χ1n) is 7.88. The van der Waals surface area contributed by atoms with Crippen LogP contribution in [0.5, 0.6) is 5.75 Å². The SMILES string of the molecule is O=C(Oc1ccc(Cl)cc1)N1C[C@H](N2CCCOC2=O)CC(F)(F)C1. The van der Waals surface area contributed by atoms with Gasteiger partial charge in [0, 0.05) is 24.5 Å². The number of hydrogen-bond donors (Lipinski definition) is 0. The number of carbonyl (C=O) groups excluding carboxylic acids is 2. The van der Waals surface area contributed by atoms with E-state index in [4.69, 9.17) is 21.1 Å². The molecule has 0 unspecified atom stereocenters. The van der Waals surface area contributed by atoms with E-state index in [0.717, 1.165) is 4.90 Å². The van der Waals surface area contributed by atoms with E-state index in [1.165, 1.54) is 29.2 Å². The maximum atomic E-state index is 14.1. The molecule has 1 atom stereocenters. The van der Waals surface area contributed by atoms with E-state index in [9.17, 15) is 18.4 Å². The van der Waals surface area contributed by atoms with Crippen LogP contribution in [0.4, 0.5) is 18.4 Å². The van der Waals surface area contributed by atoms with Gasteiger partial charge >= 0.3 is 12.2 Å². The van der Waals surface area contributed by atoms with E-state index in [2.05, 4.69) is 0 Å². The maximum Gasteiger partial charge on any atom is 0.415 e. The summed E-state index contributed by atoms with van der Waals surface area (Å²) in [6.07, 6.45) is -1.45. The molecule has 9 heteroatoms. The molecule has 2 heterocycles. The number of piperidine rings is 1. The molecule has 0 bridgehead atoms. The Labute approximate surface area is 148 Å². The number of likely N-dealkylation sites (tertiary alicyclic amines) is 1. The minimum atomic E-state index is -3.11. The monoisotopic (exact) mass is 374 g/mol. The summed E-state index contributed by atoms with van der Waals surface area (Å²) >= 11 is 5.75. The minimum absolute atomic E-state index is 0.0306. The lowest BCUT2D eigenvalue weighted by molar-refractivity contribution is -0.0871. The molecule has 1 aromatic rings. The van der Waals surface area contributed by atoms with Crippen molar-refractivity contribution >= 4 is 23.8 Å². The summed E-state index contributed by atoms with van der Waals surface area (Å²) in [7, 11) is 0. The van der Waals surface area contributed by atoms with Crippen LogP contribution >= 0.6 is 11.6 Å². The van der Waals surface area contributed by atoms with Crippen LogP contribution in [-0.2, 0) is 4.74 Å². The van der Waals surface area contributed by atoms with Crippen LogP contribution in [0.3, 0.4) is 0 Å². The molecule has 0 aliphatic carbocycles. The van der Waals surface area contributed by atoms with Gasteiger partial charge in [0.05, 0.1) is 19.2 Å². The summed E-state index contributed by atoms with van der Waals surface area (Å²) in [5, 5.41) is 0.466. The largest absolute Gasteiger partial charge is 0.449 e. The first-order valence-corrected chi connectivity index (χ1v) is 8.25. The third kappa shape index (κ3) is 4.31. The predicted molar refractivity (Wildman–Crippen MR) is 85.1 cm³/mol. The summed E-state index contributed by atoms with van der Waals surface area (Å²) in [5.41, 5.74) is 0. The molecule has 0 spiro atoms. The Balaban J connectivity index is 1.70. The molecule has 0 saturated carbocycles. The van der Waals surface area contributed by atoms with Crippen molar-refractivity contribution in [2.75, 3.05) is 26.2 Å². The van der Waals surface area contributed by atoms with Crippen molar-refractivity contribution in [3.05, 3.63) is 29.3 Å². The first kappa shape index (κ1) is 17.7. The molecule has 1 aromatic carbocycles. The average Bonchev–Trinajstić information content (AvgIpc) is 2.56. The van der Waals surface area contributed by atoms with Crippen LogP contribution in [-0.4, -0.2) is 60.2 Å². The van der Waals surface area contributed by atoms with E-state index >= 15 is 0 Å². The third-order valence-corrected chi connectivity index (χ3v) is 4.36. The van der Waals surface area contributed by atoms with Gasteiger partial charge in [-0.3, -0.25) is 4.90 Å². The summed E-state index contributed by atoms with van der Waals surface area (Å²) in [6.45, 7) is -0.170. The molecule has 2 saturated heterocycles. The number of hydrogen-bond acceptors (Lipinski definition) is 4. The van der Waals surface area contributed by atoms with Crippen LogP contribution in [0, 0.1) is 0 Å². The van der Waals surface area contributed by atoms with Crippen molar-refractivity contribution < 1.29 is 27.8 Å². The fourth-order valence-electron chi connectivity index (χ4n) is 2.99. The Morgan fingerprint density at radius 1 is 1.32 bits per heavy atom. The minimum Gasteiger partial charge on any atom is -0.449 e. The zero-order chi connectivity index (χ0) is 18.0. The molecule has 6 nitrogen and oxygen atoms in total. The molecule has 0 radical (unpaired) electrons. The summed E-state index contributed by atoms with van der Waals surface area (Å²) < 4.78 is 38.2. The normalized spacial score (nSPS) is 23.2. The zero-order valence-corrected chi connectivity index (χ0v) is 14.0. The molecule has 3 rings (SSSR count). The second-order valence-corrected chi connectivity index (χ2v) is 6.51. The van der Waals surface area contributed by atoms with Gasteiger partial charge in [-0.1, -0.05) is 11.6 Å². The van der Waals surface area contributed by atoms with Crippen LogP contribution < -0.4 is 4.74 Å². The number of alkyl halides is 2. The van der Waals surface area contributed by atoms with E-state index in [1.54, 1.807) is 0 Å². The van der Waals surface area contributed by atoms with Gasteiger partial charge in [0.25, 0.3) is 5.92 Å². The van der Waals surface area contributed by atoms with Gasteiger partial charge in [-0.05, 0) is 30.7 Å². The van der Waals surface area contributed by atoms with Crippen LogP contribution in [0.2, 0.25) is 5.02 Å². The smallest absolute Gasteiger partial charge is 0.415 e. The third-order valence-electron chi connectivity index (χ3n) is 4.11. The standard InChI is InChI=1S/C16H17ClF2N2O4/c17-11-2-4-13(5-3-11)25-14(22)20-9-12(8-16(18,19)10-20)21-6-1-7-24-15(21)23/h2-5,12H,1,6-10H2/t12-/m1/s1. The average molecular weight is 375 g/mol. The van der Waals surface area contributed by atoms with Crippen molar-refractivity contribution in [2.24, 2.45) is 0 Å². The highest BCUT2D eigenvalue weighted by Crippen LogP contribution is 2.31. The van der Waals surface area contributed by atoms with Crippen molar-refractivity contribution in [3.8, 4) is 5.75 Å². The Bertz CT molecular complexity index is 656. The molecule has 136 valence electrons. The number of amides is 2. The number of nitrogens with zero attached hydrogens (tertiary/aromatic N) is 2. The fraction of sp³-hybridized carbons (Fsp3) is 0.500. The summed E-state index contributed by atoms with van der Waals surface area (Å²) in [4.78, 5) is 26.3. The summed E-state index contributed by atoms with van der Waals surface area (Å²) in [6, 6.07) is 5.20. The van der Waals surface area contributed by atoms with E-state index in [1.807, 2.05) is 0 Å². The second-order valence-electron chi connectivity index (χ2n) is 6.08. The van der Waals surface area contributed by atoms with Gasteiger partial charge in [-0.2, -0.15) is 0 Å². The van der Waals surface area contributed by atoms with Crippen molar-refractivity contribution in [1.29, 1.82) is 0 Å². The maximum absolute atomic E-state index is 14.1. The molecule has 2 amide bonds. The Hall–Kier alpha value is -2.09. The predicted octanol–water partition coefficient (Wildman–Crippen LogP) is 3.39. The highest BCUT2D eigenvalue weighted by atomic mass is 35.5. The molecule has 0 N–H and O–H groups in total. The number of ether oxygens (including phenoxy) is 2. The molecule has 0 aromatic heterocycles. The van der Waals surface area contributed by atoms with Crippen LogP contribution in [0.15, 0.2) is 24.3 Å². The van der Waals surface area contributed by atoms with Gasteiger partial charge in [0.15, 0.2) is 0 Å². The number of cyclic esters (lactones) is 1. The molecule has 2 fully saturated rings. The number of carbonyl (C=O) groups is 2. The number of benzene rings is 1. The Kier molecular flexibility index (Phi) is 4.99. The molecule has 25 heavy (non-hydrogen) atoms. The van der Waals surface area contributed by atoms with Gasteiger partial charge < -0.3 is 14.4 Å². The van der Waals surface area contributed by atoms with E-state index in [-0.39, 0.29) is 18.9 Å². The molecule has 2 aliphatic rings. The zero-order valence-electron chi connectivity index (χ0n) is 13.3. The highest BCUT2D eigenvalue weighted by Gasteiger charge is 2.46. The van der Waals surface area contributed by atoms with Gasteiger partial charge in [0.1, 0.15) is 5.75 Å². The lowest BCUT2D eigenvalue weighted by atomic mass is 10.0. The van der Waals surface area contributed by atoms with Crippen molar-refractivity contribution in [2.45, 2.75) is 24.8 Å². The van der Waals surface area contributed by atoms with Crippen LogP contribution in [0.1, 0.15) is 12.8 Å². The van der Waals surface area contributed by atoms with E-state index in [0.29, 0.717) is 18.0 Å². The molecular weight excluding hydrogens is 358 g/mol. The van der Waals surface area contributed by atoms with Gasteiger partial charge in [-0.15, -0.1) is 0 Å². The summed E-state index contributed by atoms with van der Waals surface area (Å²) in [5.74, 6) is -2.91. The highest BCUT2D eigenvalue weighted by molar-refractivity contribution is 6.30. The van der Waals surface area contributed by atoms with Crippen LogP contribution in [0.25, 0.3) is 0 Å². The van der Waals surface area contributed by atoms with Crippen molar-refractivity contribution in [1.82, 2.24) is 9.80 Å². The lowest BCUT2D eigenvalue weighted by Crippen LogP contribution is -2.59. The fourth-order valence-corrected chi connectivity index (χ4v) is 3.11. The Morgan fingerprint density at radius 2 is 2.04 bits per heavy atom. The lowest BCUT2D eigenvalue weighted by Gasteiger charge is -2.42. The quantitative estimate of drug-likeness (QED) is 0.796. The Morgan fingerprint density at radius 3 is 2.72 bits per heavy atom. The first-order chi connectivity index (χ1) is 11.8. The van der Waals surface area contributed by atoms with E-state index < -0.39 is 37.1 Å². The topological polar surface area (TPSA) is 59.1 Å². The van der Waals surface area contributed by atoms with Gasteiger partial charge in [-0.25, -0.2) is 18.4 Å². The molecular formula is C16H17ClF2N2O4. The number of halogens is 3. The number of rotatable bonds is 2. The van der Waals surface area contributed by atoms with Gasteiger partial charge in [0.2, 0.25) is 0 Å². The molecule has 2 aliphatic heterocycles. The second kappa shape index (κ2) is 7.03.